The Bertz CT molecular complexity index is 482. The van der Waals surface area contributed by atoms with Crippen LogP contribution in [0.15, 0.2) is 42.9 Å². The van der Waals surface area contributed by atoms with Gasteiger partial charge < -0.3 is 4.90 Å². The van der Waals surface area contributed by atoms with Gasteiger partial charge in [0.1, 0.15) is 6.33 Å². The molecule has 0 aliphatic rings. The summed E-state index contributed by atoms with van der Waals surface area (Å²) in [4.78, 5) is 10.5. The zero-order chi connectivity index (χ0) is 12.3. The molecule has 17 heavy (non-hydrogen) atoms. The van der Waals surface area contributed by atoms with E-state index in [-0.39, 0.29) is 0 Å². The number of hydrogen-bond acceptors (Lipinski definition) is 3. The van der Waals surface area contributed by atoms with E-state index in [1.165, 1.54) is 5.56 Å². The molecule has 1 atom stereocenters. The minimum Gasteiger partial charge on any atom is -0.365 e. The Labute approximate surface area is 102 Å². The summed E-state index contributed by atoms with van der Waals surface area (Å²) in [5, 5.41) is 0. The zero-order valence-electron chi connectivity index (χ0n) is 10.5. The van der Waals surface area contributed by atoms with E-state index in [0.29, 0.717) is 6.04 Å². The van der Waals surface area contributed by atoms with E-state index in [2.05, 4.69) is 53.1 Å². The largest absolute Gasteiger partial charge is 0.365 e. The Hall–Kier alpha value is -1.90. The number of nitrogens with zero attached hydrogens (tertiary/aromatic N) is 3. The van der Waals surface area contributed by atoms with Crippen molar-refractivity contribution in [3.8, 4) is 0 Å². The minimum atomic E-state index is 0.306. The third-order valence-electron chi connectivity index (χ3n) is 3.13. The molecule has 3 heteroatoms. The summed E-state index contributed by atoms with van der Waals surface area (Å²) in [7, 11) is 2.07. The van der Waals surface area contributed by atoms with Crippen molar-refractivity contribution >= 4 is 5.69 Å². The lowest BCUT2D eigenvalue weighted by molar-refractivity contribution is 0.732. The second-order valence-electron chi connectivity index (χ2n) is 4.19. The summed E-state index contributed by atoms with van der Waals surface area (Å²) in [5.41, 5.74) is 3.37. The van der Waals surface area contributed by atoms with Crippen LogP contribution in [0.1, 0.15) is 24.2 Å². The second kappa shape index (κ2) is 4.95. The lowest BCUT2D eigenvalue weighted by Crippen LogP contribution is -2.22. The summed E-state index contributed by atoms with van der Waals surface area (Å²) in [6.07, 6.45) is 3.45. The summed E-state index contributed by atoms with van der Waals surface area (Å²) in [5.74, 6) is 0. The van der Waals surface area contributed by atoms with Gasteiger partial charge in [-0.05, 0) is 19.4 Å². The van der Waals surface area contributed by atoms with Gasteiger partial charge in [-0.15, -0.1) is 0 Å². The molecule has 2 rings (SSSR count). The van der Waals surface area contributed by atoms with Crippen molar-refractivity contribution in [3.05, 3.63) is 54.1 Å². The van der Waals surface area contributed by atoms with Crippen molar-refractivity contribution in [2.75, 3.05) is 11.9 Å². The van der Waals surface area contributed by atoms with Gasteiger partial charge in [0.15, 0.2) is 0 Å². The number of rotatable bonds is 3. The lowest BCUT2D eigenvalue weighted by Gasteiger charge is -2.27. The Morgan fingerprint density at radius 3 is 2.53 bits per heavy atom. The SMILES string of the molecule is Cc1ncncc1N(C)C(C)c1ccccc1. The first-order chi connectivity index (χ1) is 8.20. The van der Waals surface area contributed by atoms with Gasteiger partial charge in [0, 0.05) is 7.05 Å². The highest BCUT2D eigenvalue weighted by atomic mass is 15.1. The molecule has 3 nitrogen and oxygen atoms in total. The highest BCUT2D eigenvalue weighted by molar-refractivity contribution is 5.49. The lowest BCUT2D eigenvalue weighted by atomic mass is 10.1. The quantitative estimate of drug-likeness (QED) is 0.807. The van der Waals surface area contributed by atoms with Crippen LogP contribution in [0.25, 0.3) is 0 Å². The molecule has 1 heterocycles. The molecule has 0 aliphatic carbocycles. The molecule has 0 bridgehead atoms. The predicted molar refractivity (Wildman–Crippen MR) is 70.0 cm³/mol. The van der Waals surface area contributed by atoms with Crippen LogP contribution in [-0.4, -0.2) is 17.0 Å². The van der Waals surface area contributed by atoms with E-state index in [1.807, 2.05) is 19.2 Å². The molecule has 1 unspecified atom stereocenters. The van der Waals surface area contributed by atoms with Gasteiger partial charge in [0.2, 0.25) is 0 Å². The van der Waals surface area contributed by atoms with Crippen LogP contribution in [0.3, 0.4) is 0 Å². The first kappa shape index (κ1) is 11.6. The molecule has 1 aromatic heterocycles. The van der Waals surface area contributed by atoms with E-state index in [1.54, 1.807) is 6.33 Å². The normalized spacial score (nSPS) is 12.2. The fourth-order valence-corrected chi connectivity index (χ4v) is 1.89. The van der Waals surface area contributed by atoms with Crippen LogP contribution in [0.5, 0.6) is 0 Å². The maximum atomic E-state index is 4.22. The van der Waals surface area contributed by atoms with E-state index >= 15 is 0 Å². The molecule has 0 N–H and O–H groups in total. The number of anilines is 1. The molecule has 2 aromatic rings. The molecule has 1 aromatic carbocycles. The monoisotopic (exact) mass is 227 g/mol. The number of aromatic nitrogens is 2. The van der Waals surface area contributed by atoms with Gasteiger partial charge >= 0.3 is 0 Å². The van der Waals surface area contributed by atoms with Crippen molar-refractivity contribution in [2.24, 2.45) is 0 Å². The van der Waals surface area contributed by atoms with Crippen LogP contribution < -0.4 is 4.90 Å². The zero-order valence-corrected chi connectivity index (χ0v) is 10.5. The Morgan fingerprint density at radius 2 is 1.88 bits per heavy atom. The summed E-state index contributed by atoms with van der Waals surface area (Å²) < 4.78 is 0. The number of aryl methyl sites for hydroxylation is 1. The van der Waals surface area contributed by atoms with Gasteiger partial charge in [0.05, 0.1) is 23.6 Å². The third-order valence-corrected chi connectivity index (χ3v) is 3.13. The first-order valence-electron chi connectivity index (χ1n) is 5.74. The van der Waals surface area contributed by atoms with Crippen LogP contribution in [0.2, 0.25) is 0 Å². The third kappa shape index (κ3) is 2.44. The van der Waals surface area contributed by atoms with Crippen molar-refractivity contribution in [3.63, 3.8) is 0 Å². The fraction of sp³-hybridized carbons (Fsp3) is 0.286. The van der Waals surface area contributed by atoms with Crippen LogP contribution in [0, 0.1) is 6.92 Å². The van der Waals surface area contributed by atoms with E-state index in [9.17, 15) is 0 Å². The molecule has 0 fully saturated rings. The maximum Gasteiger partial charge on any atom is 0.115 e. The molecule has 0 radical (unpaired) electrons. The van der Waals surface area contributed by atoms with Gasteiger partial charge in [-0.2, -0.15) is 0 Å². The summed E-state index contributed by atoms with van der Waals surface area (Å²) in [6.45, 7) is 4.19. The van der Waals surface area contributed by atoms with E-state index < -0.39 is 0 Å². The smallest absolute Gasteiger partial charge is 0.115 e. The molecule has 0 saturated heterocycles. The topological polar surface area (TPSA) is 29.0 Å². The van der Waals surface area contributed by atoms with Gasteiger partial charge in [-0.3, -0.25) is 0 Å². The highest BCUT2D eigenvalue weighted by Crippen LogP contribution is 2.25. The fourth-order valence-electron chi connectivity index (χ4n) is 1.89. The van der Waals surface area contributed by atoms with Crippen molar-refractivity contribution in [2.45, 2.75) is 19.9 Å². The summed E-state index contributed by atoms with van der Waals surface area (Å²) in [6, 6.07) is 10.7. The molecule has 0 saturated carbocycles. The van der Waals surface area contributed by atoms with Gasteiger partial charge in [-0.1, -0.05) is 30.3 Å². The minimum absolute atomic E-state index is 0.306. The van der Waals surface area contributed by atoms with Crippen LogP contribution in [0.4, 0.5) is 5.69 Å². The van der Waals surface area contributed by atoms with Gasteiger partial charge in [-0.25, -0.2) is 9.97 Å². The molecule has 0 amide bonds. The van der Waals surface area contributed by atoms with Crippen molar-refractivity contribution in [1.29, 1.82) is 0 Å². The molecular formula is C14H17N3. The van der Waals surface area contributed by atoms with Crippen LogP contribution >= 0.6 is 0 Å². The molecule has 0 spiro atoms. The van der Waals surface area contributed by atoms with Gasteiger partial charge in [0.25, 0.3) is 0 Å². The van der Waals surface area contributed by atoms with Crippen molar-refractivity contribution in [1.82, 2.24) is 9.97 Å². The Balaban J connectivity index is 2.27. The predicted octanol–water partition coefficient (Wildman–Crippen LogP) is 2.98. The molecular weight excluding hydrogens is 210 g/mol. The second-order valence-corrected chi connectivity index (χ2v) is 4.19. The number of hydrogen-bond donors (Lipinski definition) is 0. The highest BCUT2D eigenvalue weighted by Gasteiger charge is 2.14. The Morgan fingerprint density at radius 1 is 1.18 bits per heavy atom. The molecule has 88 valence electrons. The number of benzene rings is 1. The van der Waals surface area contributed by atoms with E-state index in [0.717, 1.165) is 11.4 Å². The van der Waals surface area contributed by atoms with E-state index in [4.69, 9.17) is 0 Å². The van der Waals surface area contributed by atoms with Crippen molar-refractivity contribution < 1.29 is 0 Å². The van der Waals surface area contributed by atoms with Crippen LogP contribution in [-0.2, 0) is 0 Å². The average Bonchev–Trinajstić information content (AvgIpc) is 2.39. The first-order valence-corrected chi connectivity index (χ1v) is 5.74. The summed E-state index contributed by atoms with van der Waals surface area (Å²) >= 11 is 0. The maximum absolute atomic E-state index is 4.22. The molecule has 0 aliphatic heterocycles. The standard InChI is InChI=1S/C14H17N3/c1-11-14(9-15-10-16-11)17(3)12(2)13-7-5-4-6-8-13/h4-10,12H,1-3H3. The Kier molecular flexibility index (Phi) is 3.38. The average molecular weight is 227 g/mol.